The molecule has 9 heteroatoms. The van der Waals surface area contributed by atoms with Gasteiger partial charge in [0.2, 0.25) is 0 Å². The molecule has 0 aliphatic carbocycles. The van der Waals surface area contributed by atoms with E-state index in [2.05, 4.69) is 0 Å². The van der Waals surface area contributed by atoms with Crippen molar-refractivity contribution in [2.45, 2.75) is 33.2 Å². The predicted molar refractivity (Wildman–Crippen MR) is 148 cm³/mol. The quantitative estimate of drug-likeness (QED) is 0.159. The lowest BCUT2D eigenvalue weighted by Gasteiger charge is -2.26. The number of Topliss-reactive ketones (excluding diaryl/α,β-unsaturated/α-hetero) is 1. The Kier molecular flexibility index (Phi) is 8.73. The van der Waals surface area contributed by atoms with Crippen molar-refractivity contribution in [3.63, 3.8) is 0 Å². The van der Waals surface area contributed by atoms with Gasteiger partial charge >= 0.3 is 5.97 Å². The Morgan fingerprint density at radius 1 is 0.875 bits per heavy atom. The van der Waals surface area contributed by atoms with Gasteiger partial charge in [0.15, 0.2) is 0 Å². The number of aliphatic hydroxyl groups excluding tert-OH is 1. The number of carbonyl (C=O) groups is 3. The van der Waals surface area contributed by atoms with Gasteiger partial charge in [-0.3, -0.25) is 19.3 Å². The van der Waals surface area contributed by atoms with E-state index in [4.69, 9.17) is 14.2 Å². The summed E-state index contributed by atoms with van der Waals surface area (Å²) in [7, 11) is 0. The largest absolute Gasteiger partial charge is 0.508 e. The first kappa shape index (κ1) is 28.2. The first-order valence-corrected chi connectivity index (χ1v) is 13.0. The van der Waals surface area contributed by atoms with Gasteiger partial charge in [-0.1, -0.05) is 24.3 Å². The highest BCUT2D eigenvalue weighted by Gasteiger charge is 2.47. The van der Waals surface area contributed by atoms with E-state index in [1.54, 1.807) is 68.4 Å². The second kappa shape index (κ2) is 12.4. The van der Waals surface area contributed by atoms with Crippen LogP contribution in [-0.2, 0) is 25.5 Å². The fourth-order valence-corrected chi connectivity index (χ4v) is 4.60. The molecule has 1 aliphatic rings. The minimum Gasteiger partial charge on any atom is -0.508 e. The Hall–Kier alpha value is -4.79. The molecule has 40 heavy (non-hydrogen) atoms. The molecule has 3 aromatic rings. The van der Waals surface area contributed by atoms with Gasteiger partial charge in [-0.15, -0.1) is 0 Å². The first-order valence-electron chi connectivity index (χ1n) is 13.0. The molecule has 0 bridgehead atoms. The molecule has 208 valence electrons. The van der Waals surface area contributed by atoms with Gasteiger partial charge in [0.1, 0.15) is 23.0 Å². The van der Waals surface area contributed by atoms with Crippen molar-refractivity contribution >= 4 is 29.1 Å². The van der Waals surface area contributed by atoms with Crippen LogP contribution in [0.25, 0.3) is 5.76 Å². The van der Waals surface area contributed by atoms with Crippen LogP contribution in [0.1, 0.15) is 43.5 Å². The number of amides is 1. The molecule has 4 rings (SSSR count). The summed E-state index contributed by atoms with van der Waals surface area (Å²) in [6, 6.07) is 16.5. The maximum atomic E-state index is 13.5. The fourth-order valence-electron chi connectivity index (χ4n) is 4.60. The number of aliphatic hydroxyl groups is 1. The standard InChI is InChI=1S/C31H31NO8/c1-4-38-23-15-16-24(25(18-23)39-5-2)29(35)27-28(20-9-13-22(33)14-10-20)32(31(37)30(27)36)21-11-7-19(8-12-21)17-26(34)40-6-3/h7-16,18,28,33,35H,4-6,17H2,1-3H3/b29-27-. The van der Waals surface area contributed by atoms with Crippen LogP contribution >= 0.6 is 0 Å². The van der Waals surface area contributed by atoms with Crippen molar-refractivity contribution < 1.29 is 38.8 Å². The smallest absolute Gasteiger partial charge is 0.310 e. The van der Waals surface area contributed by atoms with Crippen molar-refractivity contribution in [3.8, 4) is 17.2 Å². The van der Waals surface area contributed by atoms with Crippen LogP contribution in [0.15, 0.2) is 72.3 Å². The Balaban J connectivity index is 1.84. The molecule has 1 heterocycles. The van der Waals surface area contributed by atoms with Crippen LogP contribution in [0, 0.1) is 0 Å². The zero-order valence-electron chi connectivity index (χ0n) is 22.5. The van der Waals surface area contributed by atoms with E-state index in [1.165, 1.54) is 17.0 Å². The molecular weight excluding hydrogens is 514 g/mol. The maximum Gasteiger partial charge on any atom is 0.310 e. The van der Waals surface area contributed by atoms with Gasteiger partial charge in [0, 0.05) is 11.8 Å². The number of aromatic hydroxyl groups is 1. The molecule has 0 saturated carbocycles. The number of anilines is 1. The predicted octanol–water partition coefficient (Wildman–Crippen LogP) is 4.92. The van der Waals surface area contributed by atoms with Crippen molar-refractivity contribution in [2.24, 2.45) is 0 Å². The van der Waals surface area contributed by atoms with Crippen molar-refractivity contribution in [2.75, 3.05) is 24.7 Å². The van der Waals surface area contributed by atoms with Gasteiger partial charge in [0.05, 0.1) is 43.4 Å². The second-order valence-electron chi connectivity index (χ2n) is 8.93. The minimum absolute atomic E-state index is 0.00849. The molecule has 9 nitrogen and oxygen atoms in total. The molecule has 3 aromatic carbocycles. The lowest BCUT2D eigenvalue weighted by Crippen LogP contribution is -2.29. The van der Waals surface area contributed by atoms with Gasteiger partial charge in [0.25, 0.3) is 11.7 Å². The second-order valence-corrected chi connectivity index (χ2v) is 8.93. The summed E-state index contributed by atoms with van der Waals surface area (Å²) in [5.41, 5.74) is 1.67. The summed E-state index contributed by atoms with van der Waals surface area (Å²) in [4.78, 5) is 40.1. The van der Waals surface area contributed by atoms with Crippen LogP contribution in [0.4, 0.5) is 5.69 Å². The normalized spacial score (nSPS) is 16.2. The minimum atomic E-state index is -1.00. The summed E-state index contributed by atoms with van der Waals surface area (Å²) >= 11 is 0. The first-order chi connectivity index (χ1) is 19.3. The number of hydrogen-bond acceptors (Lipinski definition) is 8. The molecule has 0 spiro atoms. The highest BCUT2D eigenvalue weighted by atomic mass is 16.5. The van der Waals surface area contributed by atoms with Gasteiger partial charge < -0.3 is 24.4 Å². The van der Waals surface area contributed by atoms with Crippen molar-refractivity contribution in [1.82, 2.24) is 0 Å². The summed E-state index contributed by atoms with van der Waals surface area (Å²) in [6.07, 6.45) is 0.0618. The summed E-state index contributed by atoms with van der Waals surface area (Å²) < 4.78 is 16.3. The van der Waals surface area contributed by atoms with Gasteiger partial charge in [-0.05, 0) is 68.3 Å². The zero-order chi connectivity index (χ0) is 28.8. The third-order valence-electron chi connectivity index (χ3n) is 6.34. The van der Waals surface area contributed by atoms with E-state index < -0.39 is 23.5 Å². The average Bonchev–Trinajstić information content (AvgIpc) is 3.20. The summed E-state index contributed by atoms with van der Waals surface area (Å²) in [5, 5.41) is 21.4. The van der Waals surface area contributed by atoms with Gasteiger partial charge in [-0.25, -0.2) is 0 Å². The third-order valence-corrected chi connectivity index (χ3v) is 6.34. The molecule has 1 amide bonds. The Bertz CT molecular complexity index is 1430. The van der Waals surface area contributed by atoms with Crippen LogP contribution < -0.4 is 14.4 Å². The number of benzene rings is 3. The van der Waals surface area contributed by atoms with Crippen LogP contribution in [0.2, 0.25) is 0 Å². The fraction of sp³-hybridized carbons (Fsp3) is 0.258. The molecular formula is C31H31NO8. The number of phenols is 1. The lowest BCUT2D eigenvalue weighted by molar-refractivity contribution is -0.142. The van der Waals surface area contributed by atoms with Gasteiger partial charge in [-0.2, -0.15) is 0 Å². The Labute approximate surface area is 232 Å². The maximum absolute atomic E-state index is 13.5. The molecule has 1 saturated heterocycles. The monoisotopic (exact) mass is 545 g/mol. The number of rotatable bonds is 10. The van der Waals surface area contributed by atoms with E-state index in [0.29, 0.717) is 41.5 Å². The SMILES string of the molecule is CCOC(=O)Cc1ccc(N2C(=O)C(=O)/C(=C(\O)c3ccc(OCC)cc3OCC)C2c2ccc(O)cc2)cc1. The third kappa shape index (κ3) is 5.78. The van der Waals surface area contributed by atoms with E-state index in [9.17, 15) is 24.6 Å². The highest BCUT2D eigenvalue weighted by Crippen LogP contribution is 2.44. The van der Waals surface area contributed by atoms with E-state index in [0.717, 1.165) is 0 Å². The van der Waals surface area contributed by atoms with Crippen LogP contribution in [-0.4, -0.2) is 47.7 Å². The number of ether oxygens (including phenoxy) is 3. The molecule has 2 N–H and O–H groups in total. The highest BCUT2D eigenvalue weighted by molar-refractivity contribution is 6.51. The Morgan fingerprint density at radius 2 is 1.55 bits per heavy atom. The summed E-state index contributed by atoms with van der Waals surface area (Å²) in [5.74, 6) is -1.64. The number of nitrogens with zero attached hydrogens (tertiary/aromatic N) is 1. The number of carbonyl (C=O) groups excluding carboxylic acids is 3. The topological polar surface area (TPSA) is 123 Å². The molecule has 1 atom stereocenters. The average molecular weight is 546 g/mol. The molecule has 1 unspecified atom stereocenters. The molecule has 0 aromatic heterocycles. The van der Waals surface area contributed by atoms with E-state index >= 15 is 0 Å². The number of ketones is 1. The molecule has 1 aliphatic heterocycles. The Morgan fingerprint density at radius 3 is 2.17 bits per heavy atom. The molecule has 1 fully saturated rings. The number of esters is 1. The lowest BCUT2D eigenvalue weighted by atomic mass is 9.94. The van der Waals surface area contributed by atoms with Crippen LogP contribution in [0.5, 0.6) is 17.2 Å². The van der Waals surface area contributed by atoms with Crippen LogP contribution in [0.3, 0.4) is 0 Å². The zero-order valence-corrected chi connectivity index (χ0v) is 22.5. The van der Waals surface area contributed by atoms with E-state index in [-0.39, 0.29) is 35.9 Å². The van der Waals surface area contributed by atoms with E-state index in [1.807, 2.05) is 6.92 Å². The number of hydrogen-bond donors (Lipinski definition) is 2. The van der Waals surface area contributed by atoms with Crippen molar-refractivity contribution in [1.29, 1.82) is 0 Å². The molecule has 0 radical (unpaired) electrons. The summed E-state index contributed by atoms with van der Waals surface area (Å²) in [6.45, 7) is 6.36. The van der Waals surface area contributed by atoms with Crippen molar-refractivity contribution in [3.05, 3.63) is 89.0 Å². The number of phenolic OH excluding ortho intramolecular Hbond substituents is 1.